The summed E-state index contributed by atoms with van der Waals surface area (Å²) < 4.78 is 11.0. The molecule has 0 aromatic heterocycles. The highest BCUT2D eigenvalue weighted by Crippen LogP contribution is 2.21. The van der Waals surface area contributed by atoms with Crippen LogP contribution >= 0.6 is 0 Å². The van der Waals surface area contributed by atoms with E-state index < -0.39 is 0 Å². The van der Waals surface area contributed by atoms with Gasteiger partial charge in [0.15, 0.2) is 6.79 Å². The third-order valence-electron chi connectivity index (χ3n) is 3.16. The summed E-state index contributed by atoms with van der Waals surface area (Å²) in [6, 6.07) is 18.4. The number of hydrogen-bond acceptors (Lipinski definition) is 2. The summed E-state index contributed by atoms with van der Waals surface area (Å²) in [5.41, 5.74) is 2.41. The van der Waals surface area contributed by atoms with E-state index in [4.69, 9.17) is 9.47 Å². The maximum Gasteiger partial charge on any atom is 0.189 e. The van der Waals surface area contributed by atoms with E-state index in [1.807, 2.05) is 30.3 Å². The molecule has 0 saturated carbocycles. The molecular formula is C18H22O2. The molecule has 0 bridgehead atoms. The van der Waals surface area contributed by atoms with Crippen LogP contribution in [-0.4, -0.2) is 13.4 Å². The maximum absolute atomic E-state index is 5.55. The number of benzene rings is 2. The molecule has 106 valence electrons. The zero-order valence-corrected chi connectivity index (χ0v) is 12.0. The minimum absolute atomic E-state index is 0.328. The van der Waals surface area contributed by atoms with E-state index >= 15 is 0 Å². The summed E-state index contributed by atoms with van der Waals surface area (Å²) in [6.45, 7) is 3.29. The second kappa shape index (κ2) is 8.39. The highest BCUT2D eigenvalue weighted by Gasteiger charge is 1.98. The maximum atomic E-state index is 5.55. The van der Waals surface area contributed by atoms with Crippen molar-refractivity contribution >= 4 is 0 Å². The van der Waals surface area contributed by atoms with Crippen molar-refractivity contribution in [3.63, 3.8) is 0 Å². The molecule has 0 aliphatic heterocycles. The summed E-state index contributed by atoms with van der Waals surface area (Å²) >= 11 is 0. The SMILES string of the molecule is CCCCCOCOc1ccc(-c2ccccc2)cc1. The quantitative estimate of drug-likeness (QED) is 0.502. The Morgan fingerprint density at radius 1 is 0.800 bits per heavy atom. The number of rotatable bonds is 8. The van der Waals surface area contributed by atoms with Gasteiger partial charge in [-0.15, -0.1) is 0 Å². The molecule has 0 aliphatic rings. The van der Waals surface area contributed by atoms with Crippen LogP contribution in [0.1, 0.15) is 26.2 Å². The summed E-state index contributed by atoms with van der Waals surface area (Å²) in [4.78, 5) is 0. The Kier molecular flexibility index (Phi) is 6.12. The van der Waals surface area contributed by atoms with Crippen LogP contribution in [0.15, 0.2) is 54.6 Å². The molecule has 0 saturated heterocycles. The highest BCUT2D eigenvalue weighted by molar-refractivity contribution is 5.63. The monoisotopic (exact) mass is 270 g/mol. The first-order chi connectivity index (χ1) is 9.90. The van der Waals surface area contributed by atoms with Gasteiger partial charge in [-0.2, -0.15) is 0 Å². The number of unbranched alkanes of at least 4 members (excludes halogenated alkanes) is 2. The van der Waals surface area contributed by atoms with Crippen molar-refractivity contribution in [2.45, 2.75) is 26.2 Å². The zero-order valence-electron chi connectivity index (χ0n) is 12.0. The topological polar surface area (TPSA) is 18.5 Å². The predicted molar refractivity (Wildman–Crippen MR) is 82.9 cm³/mol. The molecule has 2 nitrogen and oxygen atoms in total. The third-order valence-corrected chi connectivity index (χ3v) is 3.16. The molecule has 0 amide bonds. The van der Waals surface area contributed by atoms with Gasteiger partial charge in [-0.05, 0) is 29.7 Å². The Hall–Kier alpha value is -1.80. The van der Waals surface area contributed by atoms with Crippen LogP contribution in [0.2, 0.25) is 0 Å². The molecule has 2 heteroatoms. The van der Waals surface area contributed by atoms with Crippen molar-refractivity contribution in [2.24, 2.45) is 0 Å². The van der Waals surface area contributed by atoms with Gasteiger partial charge in [0.25, 0.3) is 0 Å². The van der Waals surface area contributed by atoms with E-state index in [-0.39, 0.29) is 0 Å². The van der Waals surface area contributed by atoms with E-state index in [1.54, 1.807) is 0 Å². The van der Waals surface area contributed by atoms with Gasteiger partial charge < -0.3 is 9.47 Å². The van der Waals surface area contributed by atoms with E-state index in [0.29, 0.717) is 6.79 Å². The number of ether oxygens (including phenoxy) is 2. The second-order valence-corrected chi connectivity index (χ2v) is 4.77. The van der Waals surface area contributed by atoms with Gasteiger partial charge in [0.05, 0.1) is 6.61 Å². The zero-order chi connectivity index (χ0) is 14.0. The Morgan fingerprint density at radius 2 is 1.50 bits per heavy atom. The fraction of sp³-hybridized carbons (Fsp3) is 0.333. The standard InChI is InChI=1S/C18H22O2/c1-2-3-7-14-19-15-20-18-12-10-17(11-13-18)16-8-5-4-6-9-16/h4-6,8-13H,2-3,7,14-15H2,1H3. The molecule has 0 unspecified atom stereocenters. The molecule has 0 fully saturated rings. The van der Waals surface area contributed by atoms with Gasteiger partial charge in [-0.3, -0.25) is 0 Å². The van der Waals surface area contributed by atoms with Gasteiger partial charge in [0.1, 0.15) is 5.75 Å². The van der Waals surface area contributed by atoms with E-state index in [1.165, 1.54) is 24.0 Å². The summed E-state index contributed by atoms with van der Waals surface area (Å²) in [7, 11) is 0. The van der Waals surface area contributed by atoms with Gasteiger partial charge >= 0.3 is 0 Å². The molecule has 0 spiro atoms. The molecule has 2 aromatic carbocycles. The highest BCUT2D eigenvalue weighted by atomic mass is 16.7. The molecule has 0 N–H and O–H groups in total. The lowest BCUT2D eigenvalue weighted by Crippen LogP contribution is -2.03. The minimum atomic E-state index is 0.328. The van der Waals surface area contributed by atoms with Crippen molar-refractivity contribution in [3.8, 4) is 16.9 Å². The van der Waals surface area contributed by atoms with E-state index in [2.05, 4.69) is 31.2 Å². The summed E-state index contributed by atoms with van der Waals surface area (Å²) in [5, 5.41) is 0. The molecule has 0 radical (unpaired) electrons. The lowest BCUT2D eigenvalue weighted by Gasteiger charge is -2.08. The molecular weight excluding hydrogens is 248 g/mol. The van der Waals surface area contributed by atoms with Crippen LogP contribution in [-0.2, 0) is 4.74 Å². The van der Waals surface area contributed by atoms with Crippen molar-refractivity contribution in [1.82, 2.24) is 0 Å². The van der Waals surface area contributed by atoms with Crippen molar-refractivity contribution < 1.29 is 9.47 Å². The molecule has 0 aliphatic carbocycles. The van der Waals surface area contributed by atoms with Crippen molar-refractivity contribution in [1.29, 1.82) is 0 Å². The van der Waals surface area contributed by atoms with Gasteiger partial charge in [0.2, 0.25) is 0 Å². The molecule has 20 heavy (non-hydrogen) atoms. The van der Waals surface area contributed by atoms with Gasteiger partial charge in [-0.25, -0.2) is 0 Å². The Balaban J connectivity index is 1.77. The van der Waals surface area contributed by atoms with Crippen molar-refractivity contribution in [3.05, 3.63) is 54.6 Å². The van der Waals surface area contributed by atoms with Crippen LogP contribution in [0.5, 0.6) is 5.75 Å². The largest absolute Gasteiger partial charge is 0.468 e. The molecule has 0 heterocycles. The predicted octanol–water partition coefficient (Wildman–Crippen LogP) is 4.90. The minimum Gasteiger partial charge on any atom is -0.468 e. The van der Waals surface area contributed by atoms with E-state index in [0.717, 1.165) is 18.8 Å². The fourth-order valence-corrected chi connectivity index (χ4v) is 2.00. The lowest BCUT2D eigenvalue weighted by atomic mass is 10.1. The average Bonchev–Trinajstić information content (AvgIpc) is 2.52. The second-order valence-electron chi connectivity index (χ2n) is 4.77. The first-order valence-electron chi connectivity index (χ1n) is 7.26. The van der Waals surface area contributed by atoms with Gasteiger partial charge in [-0.1, -0.05) is 62.2 Å². The Bertz CT molecular complexity index is 477. The smallest absolute Gasteiger partial charge is 0.189 e. The van der Waals surface area contributed by atoms with E-state index in [9.17, 15) is 0 Å². The summed E-state index contributed by atoms with van der Waals surface area (Å²) in [5.74, 6) is 0.847. The normalized spacial score (nSPS) is 10.4. The molecule has 2 aromatic rings. The third kappa shape index (κ3) is 4.71. The fourth-order valence-electron chi connectivity index (χ4n) is 2.00. The van der Waals surface area contributed by atoms with Crippen LogP contribution in [0.3, 0.4) is 0 Å². The van der Waals surface area contributed by atoms with Gasteiger partial charge in [0, 0.05) is 0 Å². The Morgan fingerprint density at radius 3 is 2.20 bits per heavy atom. The van der Waals surface area contributed by atoms with Crippen LogP contribution in [0.4, 0.5) is 0 Å². The first kappa shape index (κ1) is 14.6. The average molecular weight is 270 g/mol. The summed E-state index contributed by atoms with van der Waals surface area (Å²) in [6.07, 6.45) is 3.53. The van der Waals surface area contributed by atoms with Crippen LogP contribution in [0.25, 0.3) is 11.1 Å². The Labute approximate surface area is 121 Å². The van der Waals surface area contributed by atoms with Crippen LogP contribution in [0, 0.1) is 0 Å². The molecule has 2 rings (SSSR count). The number of hydrogen-bond donors (Lipinski definition) is 0. The van der Waals surface area contributed by atoms with Crippen molar-refractivity contribution in [2.75, 3.05) is 13.4 Å². The first-order valence-corrected chi connectivity index (χ1v) is 7.26. The van der Waals surface area contributed by atoms with Crippen LogP contribution < -0.4 is 4.74 Å². The molecule has 0 atom stereocenters. The lowest BCUT2D eigenvalue weighted by molar-refractivity contribution is 0.0136.